The number of nitrogens with one attached hydrogen (secondary N) is 1. The molecule has 1 aromatic carbocycles. The minimum absolute atomic E-state index is 0.127. The second kappa shape index (κ2) is 7.13. The van der Waals surface area contributed by atoms with Crippen LogP contribution in [0.2, 0.25) is 0 Å². The fourth-order valence-electron chi connectivity index (χ4n) is 1.72. The molecule has 1 unspecified atom stereocenters. The lowest BCUT2D eigenvalue weighted by Gasteiger charge is -2.14. The quantitative estimate of drug-likeness (QED) is 0.266. The van der Waals surface area contributed by atoms with E-state index in [9.17, 15) is 9.59 Å². The molecule has 0 saturated heterocycles. The Hall–Kier alpha value is -2.57. The van der Waals surface area contributed by atoms with Gasteiger partial charge in [-0.25, -0.2) is 0 Å². The predicted octanol–water partition coefficient (Wildman–Crippen LogP) is 0.887. The number of carbonyl (C=O) groups is 2. The predicted molar refractivity (Wildman–Crippen MR) is 75.4 cm³/mol. The average molecular weight is 278 g/mol. The molecule has 2 amide bonds. The normalized spacial score (nSPS) is 12.8. The van der Waals surface area contributed by atoms with Crippen molar-refractivity contribution in [2.45, 2.75) is 19.8 Å². The molecule has 0 aliphatic carbocycles. The number of nitrogens with two attached hydrogens (primary N) is 2. The molecule has 0 aromatic heterocycles. The summed E-state index contributed by atoms with van der Waals surface area (Å²) in [5.74, 6) is -1.73. The monoisotopic (exact) mass is 278 g/mol. The fourth-order valence-corrected chi connectivity index (χ4v) is 1.72. The summed E-state index contributed by atoms with van der Waals surface area (Å²) >= 11 is 0. The number of benzene rings is 1. The number of rotatable bonds is 6. The average Bonchev–Trinajstić information content (AvgIpc) is 2.44. The highest BCUT2D eigenvalue weighted by atomic mass is 16.4. The third-order valence-electron chi connectivity index (χ3n) is 2.80. The fraction of sp³-hybridized carbons (Fsp3) is 0.308. The Morgan fingerprint density at radius 1 is 1.30 bits per heavy atom. The van der Waals surface area contributed by atoms with Crippen LogP contribution in [0.5, 0.6) is 0 Å². The van der Waals surface area contributed by atoms with Gasteiger partial charge in [0.25, 0.3) is 0 Å². The van der Waals surface area contributed by atoms with Gasteiger partial charge in [-0.05, 0) is 30.7 Å². The Morgan fingerprint density at radius 2 is 1.90 bits per heavy atom. The van der Waals surface area contributed by atoms with Crippen LogP contribution < -0.4 is 16.8 Å². The number of hydrogen-bond donors (Lipinski definition) is 4. The molecular formula is C13H18N4O3. The van der Waals surface area contributed by atoms with Crippen LogP contribution >= 0.6 is 0 Å². The van der Waals surface area contributed by atoms with E-state index in [-0.39, 0.29) is 11.7 Å². The van der Waals surface area contributed by atoms with E-state index < -0.39 is 11.8 Å². The smallest absolute Gasteiger partial charge is 0.248 e. The van der Waals surface area contributed by atoms with E-state index in [1.54, 1.807) is 12.1 Å². The van der Waals surface area contributed by atoms with E-state index in [0.29, 0.717) is 17.7 Å². The Labute approximate surface area is 116 Å². The van der Waals surface area contributed by atoms with Crippen LogP contribution in [-0.4, -0.2) is 22.9 Å². The van der Waals surface area contributed by atoms with Crippen molar-refractivity contribution < 1.29 is 14.8 Å². The highest BCUT2D eigenvalue weighted by Gasteiger charge is 2.22. The third kappa shape index (κ3) is 3.98. The van der Waals surface area contributed by atoms with Crippen LogP contribution in [0.4, 0.5) is 5.69 Å². The van der Waals surface area contributed by atoms with E-state index in [4.69, 9.17) is 16.7 Å². The molecule has 0 bridgehead atoms. The molecule has 108 valence electrons. The molecular weight excluding hydrogens is 260 g/mol. The van der Waals surface area contributed by atoms with Gasteiger partial charge in [0.05, 0.1) is 5.92 Å². The minimum atomic E-state index is -0.694. The van der Waals surface area contributed by atoms with Gasteiger partial charge < -0.3 is 22.0 Å². The van der Waals surface area contributed by atoms with Crippen LogP contribution in [0.1, 0.15) is 30.1 Å². The van der Waals surface area contributed by atoms with Gasteiger partial charge in [0.15, 0.2) is 5.84 Å². The van der Waals surface area contributed by atoms with E-state index >= 15 is 0 Å². The number of amides is 2. The van der Waals surface area contributed by atoms with Gasteiger partial charge in [-0.2, -0.15) is 0 Å². The summed E-state index contributed by atoms with van der Waals surface area (Å²) in [6.07, 6.45) is 1.19. The summed E-state index contributed by atoms with van der Waals surface area (Å²) in [5.41, 5.74) is 11.5. The van der Waals surface area contributed by atoms with Gasteiger partial charge in [-0.3, -0.25) is 9.59 Å². The Morgan fingerprint density at radius 3 is 2.35 bits per heavy atom. The van der Waals surface area contributed by atoms with Gasteiger partial charge in [-0.15, -0.1) is 0 Å². The second-order valence-corrected chi connectivity index (χ2v) is 4.30. The largest absolute Gasteiger partial charge is 0.409 e. The second-order valence-electron chi connectivity index (χ2n) is 4.30. The Balaban J connectivity index is 2.80. The third-order valence-corrected chi connectivity index (χ3v) is 2.80. The Bertz CT molecular complexity index is 511. The highest BCUT2D eigenvalue weighted by Crippen LogP contribution is 2.13. The van der Waals surface area contributed by atoms with Gasteiger partial charge in [-0.1, -0.05) is 18.5 Å². The van der Waals surface area contributed by atoms with Crippen LogP contribution in [0.3, 0.4) is 0 Å². The van der Waals surface area contributed by atoms with Crippen molar-refractivity contribution in [3.8, 4) is 0 Å². The zero-order valence-electron chi connectivity index (χ0n) is 11.2. The molecule has 7 nitrogen and oxygen atoms in total. The Kier molecular flexibility index (Phi) is 5.52. The maximum Gasteiger partial charge on any atom is 0.248 e. The standard InChI is InChI=1S/C13H18N4O3/c1-2-3-10(11(14)17-20)13(19)16-9-6-4-8(5-7-9)12(15)18/h4-7,10,20H,2-3H2,1H3,(H2,14,17)(H2,15,18)(H,16,19). The number of primary amides is 1. The molecule has 1 atom stereocenters. The molecule has 1 rings (SSSR count). The first-order valence-electron chi connectivity index (χ1n) is 6.17. The molecule has 0 radical (unpaired) electrons. The SMILES string of the molecule is CCCC(C(=O)Nc1ccc(C(N)=O)cc1)C(N)=NO. The van der Waals surface area contributed by atoms with Crippen molar-refractivity contribution in [2.24, 2.45) is 22.5 Å². The topological polar surface area (TPSA) is 131 Å². The number of amidine groups is 1. The van der Waals surface area contributed by atoms with Crippen LogP contribution in [-0.2, 0) is 4.79 Å². The van der Waals surface area contributed by atoms with Gasteiger partial charge in [0.2, 0.25) is 11.8 Å². The molecule has 0 saturated carbocycles. The summed E-state index contributed by atoms with van der Waals surface area (Å²) in [6, 6.07) is 6.15. The highest BCUT2D eigenvalue weighted by molar-refractivity contribution is 6.07. The zero-order chi connectivity index (χ0) is 15.1. The van der Waals surface area contributed by atoms with Crippen LogP contribution in [0.15, 0.2) is 29.4 Å². The lowest BCUT2D eigenvalue weighted by Crippen LogP contribution is -2.34. The molecule has 6 N–H and O–H groups in total. The van der Waals surface area contributed by atoms with Crippen molar-refractivity contribution in [1.82, 2.24) is 0 Å². The van der Waals surface area contributed by atoms with E-state index in [1.165, 1.54) is 12.1 Å². The molecule has 0 aliphatic rings. The maximum absolute atomic E-state index is 12.0. The lowest BCUT2D eigenvalue weighted by atomic mass is 10.0. The molecule has 7 heteroatoms. The minimum Gasteiger partial charge on any atom is -0.409 e. The molecule has 1 aromatic rings. The zero-order valence-corrected chi connectivity index (χ0v) is 11.2. The maximum atomic E-state index is 12.0. The first kappa shape index (κ1) is 15.5. The molecule has 0 heterocycles. The number of nitrogens with zero attached hydrogens (tertiary/aromatic N) is 1. The first-order valence-corrected chi connectivity index (χ1v) is 6.17. The van der Waals surface area contributed by atoms with Crippen LogP contribution in [0, 0.1) is 5.92 Å². The summed E-state index contributed by atoms with van der Waals surface area (Å²) < 4.78 is 0. The van der Waals surface area contributed by atoms with Crippen molar-refractivity contribution in [3.05, 3.63) is 29.8 Å². The van der Waals surface area contributed by atoms with Crippen molar-refractivity contribution in [2.75, 3.05) is 5.32 Å². The molecule has 0 aliphatic heterocycles. The summed E-state index contributed by atoms with van der Waals surface area (Å²) in [4.78, 5) is 23.0. The molecule has 0 fully saturated rings. The summed E-state index contributed by atoms with van der Waals surface area (Å²) in [6.45, 7) is 1.90. The van der Waals surface area contributed by atoms with Gasteiger partial charge >= 0.3 is 0 Å². The lowest BCUT2D eigenvalue weighted by molar-refractivity contribution is -0.118. The summed E-state index contributed by atoms with van der Waals surface area (Å²) in [7, 11) is 0. The van der Waals surface area contributed by atoms with E-state index in [0.717, 1.165) is 6.42 Å². The summed E-state index contributed by atoms with van der Waals surface area (Å²) in [5, 5.41) is 14.2. The van der Waals surface area contributed by atoms with Crippen molar-refractivity contribution in [1.29, 1.82) is 0 Å². The first-order chi connectivity index (χ1) is 9.49. The van der Waals surface area contributed by atoms with Gasteiger partial charge in [0.1, 0.15) is 0 Å². The number of anilines is 1. The van der Waals surface area contributed by atoms with Crippen LogP contribution in [0.25, 0.3) is 0 Å². The number of carbonyl (C=O) groups excluding carboxylic acids is 2. The molecule has 20 heavy (non-hydrogen) atoms. The molecule has 0 spiro atoms. The van der Waals surface area contributed by atoms with Crippen molar-refractivity contribution in [3.63, 3.8) is 0 Å². The number of hydrogen-bond acceptors (Lipinski definition) is 4. The van der Waals surface area contributed by atoms with Gasteiger partial charge in [0, 0.05) is 11.3 Å². The van der Waals surface area contributed by atoms with E-state index in [2.05, 4.69) is 10.5 Å². The number of oxime groups is 1. The van der Waals surface area contributed by atoms with Crippen molar-refractivity contribution >= 4 is 23.3 Å². The van der Waals surface area contributed by atoms with E-state index in [1.807, 2.05) is 6.92 Å².